The lowest BCUT2D eigenvalue weighted by molar-refractivity contribution is -0.496. The molecule has 66 valence electrons. The minimum Gasteiger partial charge on any atom is -0.264 e. The van der Waals surface area contributed by atoms with Crippen molar-refractivity contribution in [1.29, 1.82) is 0 Å². The molecule has 0 fully saturated rings. The predicted octanol–water partition coefficient (Wildman–Crippen LogP) is 2.48. The van der Waals surface area contributed by atoms with Crippen LogP contribution >= 0.6 is 11.3 Å². The summed E-state index contributed by atoms with van der Waals surface area (Å²) >= 11 is 1.54. The van der Waals surface area contributed by atoms with Crippen molar-refractivity contribution in [3.05, 3.63) is 32.0 Å². The summed E-state index contributed by atoms with van der Waals surface area (Å²) in [6, 6.07) is 3.82. The number of nitrogens with zero attached hydrogens (tertiary/aromatic N) is 1. The van der Waals surface area contributed by atoms with Gasteiger partial charge in [0.25, 0.3) is 0 Å². The van der Waals surface area contributed by atoms with E-state index in [1.54, 1.807) is 11.3 Å². The van der Waals surface area contributed by atoms with E-state index >= 15 is 0 Å². The molecule has 12 heavy (non-hydrogen) atoms. The lowest BCUT2D eigenvalue weighted by atomic mass is 10.3. The van der Waals surface area contributed by atoms with Gasteiger partial charge in [-0.1, -0.05) is 13.3 Å². The summed E-state index contributed by atoms with van der Waals surface area (Å²) in [6.45, 7) is 2.07. The van der Waals surface area contributed by atoms with Crippen molar-refractivity contribution >= 4 is 11.3 Å². The van der Waals surface area contributed by atoms with Crippen LogP contribution in [-0.2, 0) is 13.0 Å². The molecule has 1 aromatic heterocycles. The van der Waals surface area contributed by atoms with Gasteiger partial charge in [0.2, 0.25) is 6.54 Å². The molecule has 1 aromatic rings. The first-order valence-corrected chi connectivity index (χ1v) is 4.73. The van der Waals surface area contributed by atoms with Crippen LogP contribution in [0.4, 0.5) is 0 Å². The van der Waals surface area contributed by atoms with Gasteiger partial charge in [-0.2, -0.15) is 0 Å². The minimum absolute atomic E-state index is 0.0334. The Morgan fingerprint density at radius 3 is 2.75 bits per heavy atom. The third kappa shape index (κ3) is 2.62. The van der Waals surface area contributed by atoms with Crippen molar-refractivity contribution in [2.24, 2.45) is 0 Å². The van der Waals surface area contributed by atoms with Gasteiger partial charge in [-0.25, -0.2) is 0 Å². The van der Waals surface area contributed by atoms with Crippen LogP contribution in [0.3, 0.4) is 0 Å². The molecule has 0 amide bonds. The molecule has 0 aliphatic carbocycles. The van der Waals surface area contributed by atoms with Crippen molar-refractivity contribution < 1.29 is 4.92 Å². The zero-order chi connectivity index (χ0) is 8.97. The quantitative estimate of drug-likeness (QED) is 0.534. The lowest BCUT2D eigenvalue weighted by Crippen LogP contribution is -1.94. The fourth-order valence-electron chi connectivity index (χ4n) is 1.02. The van der Waals surface area contributed by atoms with Crippen molar-refractivity contribution in [2.45, 2.75) is 26.3 Å². The van der Waals surface area contributed by atoms with Crippen LogP contribution in [0.25, 0.3) is 0 Å². The van der Waals surface area contributed by atoms with E-state index in [2.05, 4.69) is 6.92 Å². The fraction of sp³-hybridized carbons (Fsp3) is 0.500. The SMILES string of the molecule is CCCc1ccc(C[N+](=O)[O-])s1. The van der Waals surface area contributed by atoms with Gasteiger partial charge >= 0.3 is 0 Å². The van der Waals surface area contributed by atoms with Gasteiger partial charge in [-0.05, 0) is 18.6 Å². The average Bonchev–Trinajstić information content (AvgIpc) is 2.36. The molecule has 0 bridgehead atoms. The molecule has 0 aromatic carbocycles. The number of rotatable bonds is 4. The molecule has 1 rings (SSSR count). The summed E-state index contributed by atoms with van der Waals surface area (Å²) < 4.78 is 0. The van der Waals surface area contributed by atoms with Crippen molar-refractivity contribution in [3.8, 4) is 0 Å². The van der Waals surface area contributed by atoms with Gasteiger partial charge in [0.15, 0.2) is 0 Å². The molecule has 3 nitrogen and oxygen atoms in total. The third-order valence-electron chi connectivity index (χ3n) is 1.50. The monoisotopic (exact) mass is 185 g/mol. The number of nitro groups is 1. The Morgan fingerprint density at radius 2 is 2.17 bits per heavy atom. The highest BCUT2D eigenvalue weighted by Gasteiger charge is 2.04. The van der Waals surface area contributed by atoms with Crippen LogP contribution in [0.5, 0.6) is 0 Å². The van der Waals surface area contributed by atoms with Gasteiger partial charge in [0.05, 0.1) is 4.88 Å². The third-order valence-corrected chi connectivity index (χ3v) is 2.63. The van der Waals surface area contributed by atoms with E-state index in [0.717, 1.165) is 17.7 Å². The fourth-order valence-corrected chi connectivity index (χ4v) is 2.10. The Bertz CT molecular complexity index is 270. The Balaban J connectivity index is 2.58. The maximum absolute atomic E-state index is 10.1. The Hall–Kier alpha value is -0.900. The van der Waals surface area contributed by atoms with Crippen LogP contribution < -0.4 is 0 Å². The second-order valence-electron chi connectivity index (χ2n) is 2.61. The Kier molecular flexibility index (Phi) is 3.22. The van der Waals surface area contributed by atoms with E-state index in [0.29, 0.717) is 0 Å². The molecule has 0 aliphatic rings. The molecular formula is C8H11NO2S. The maximum atomic E-state index is 10.1. The zero-order valence-corrected chi connectivity index (χ0v) is 7.76. The summed E-state index contributed by atoms with van der Waals surface area (Å²) in [5.41, 5.74) is 0. The standard InChI is InChI=1S/C8H11NO2S/c1-2-3-7-4-5-8(12-7)6-9(10)11/h4-5H,2-3,6H2,1H3. The molecule has 0 spiro atoms. The molecule has 0 saturated heterocycles. The van der Waals surface area contributed by atoms with Crippen LogP contribution in [0.15, 0.2) is 12.1 Å². The molecule has 0 radical (unpaired) electrons. The largest absolute Gasteiger partial charge is 0.264 e. The summed E-state index contributed by atoms with van der Waals surface area (Å²) in [6.07, 6.45) is 2.13. The number of aryl methyl sites for hydroxylation is 1. The van der Waals surface area contributed by atoms with E-state index in [4.69, 9.17) is 0 Å². The lowest BCUT2D eigenvalue weighted by Gasteiger charge is -1.89. The molecule has 1 heterocycles. The topological polar surface area (TPSA) is 43.1 Å². The normalized spacial score (nSPS) is 10.1. The van der Waals surface area contributed by atoms with Crippen molar-refractivity contribution in [2.75, 3.05) is 0 Å². The molecule has 0 N–H and O–H groups in total. The van der Waals surface area contributed by atoms with E-state index in [-0.39, 0.29) is 11.5 Å². The van der Waals surface area contributed by atoms with E-state index < -0.39 is 0 Å². The molecular weight excluding hydrogens is 174 g/mol. The van der Waals surface area contributed by atoms with Gasteiger partial charge in [-0.3, -0.25) is 10.1 Å². The Labute approximate surface area is 75.2 Å². The van der Waals surface area contributed by atoms with Crippen molar-refractivity contribution in [3.63, 3.8) is 0 Å². The highest BCUT2D eigenvalue weighted by molar-refractivity contribution is 7.11. The molecule has 0 unspecified atom stereocenters. The van der Waals surface area contributed by atoms with E-state index in [1.165, 1.54) is 4.88 Å². The summed E-state index contributed by atoms with van der Waals surface area (Å²) in [7, 11) is 0. The van der Waals surface area contributed by atoms with Crippen LogP contribution in [0.1, 0.15) is 23.1 Å². The first kappa shape index (κ1) is 9.19. The minimum atomic E-state index is -0.290. The molecule has 0 saturated carbocycles. The summed E-state index contributed by atoms with van der Waals surface area (Å²) in [5.74, 6) is 0. The number of hydrogen-bond acceptors (Lipinski definition) is 3. The predicted molar refractivity (Wildman–Crippen MR) is 49.0 cm³/mol. The first-order chi connectivity index (χ1) is 5.72. The summed E-state index contributed by atoms with van der Waals surface area (Å²) in [4.78, 5) is 12.0. The second-order valence-corrected chi connectivity index (χ2v) is 3.86. The van der Waals surface area contributed by atoms with Crippen LogP contribution in [0.2, 0.25) is 0 Å². The Morgan fingerprint density at radius 1 is 1.50 bits per heavy atom. The van der Waals surface area contributed by atoms with E-state index in [9.17, 15) is 10.1 Å². The van der Waals surface area contributed by atoms with Gasteiger partial charge in [0, 0.05) is 9.80 Å². The van der Waals surface area contributed by atoms with Crippen LogP contribution in [0, 0.1) is 10.1 Å². The van der Waals surface area contributed by atoms with E-state index in [1.807, 2.05) is 12.1 Å². The highest BCUT2D eigenvalue weighted by Crippen LogP contribution is 2.18. The number of thiophene rings is 1. The zero-order valence-electron chi connectivity index (χ0n) is 6.95. The van der Waals surface area contributed by atoms with Gasteiger partial charge in [-0.15, -0.1) is 11.3 Å². The van der Waals surface area contributed by atoms with Gasteiger partial charge < -0.3 is 0 Å². The maximum Gasteiger partial charge on any atom is 0.237 e. The van der Waals surface area contributed by atoms with Crippen molar-refractivity contribution in [1.82, 2.24) is 0 Å². The van der Waals surface area contributed by atoms with Gasteiger partial charge in [0.1, 0.15) is 0 Å². The smallest absolute Gasteiger partial charge is 0.237 e. The van der Waals surface area contributed by atoms with Crippen LogP contribution in [-0.4, -0.2) is 4.92 Å². The molecule has 0 aliphatic heterocycles. The summed E-state index contributed by atoms with van der Waals surface area (Å²) in [5, 5.41) is 10.1. The average molecular weight is 185 g/mol. The second kappa shape index (κ2) is 4.21. The number of hydrogen-bond donors (Lipinski definition) is 0. The molecule has 0 atom stereocenters. The highest BCUT2D eigenvalue weighted by atomic mass is 32.1. The first-order valence-electron chi connectivity index (χ1n) is 3.91. The molecule has 4 heteroatoms.